The van der Waals surface area contributed by atoms with Gasteiger partial charge in [0.05, 0.1) is 32.8 Å². The van der Waals surface area contributed by atoms with Gasteiger partial charge < -0.3 is 24.4 Å². The molecule has 30 heavy (non-hydrogen) atoms. The van der Waals surface area contributed by atoms with Crippen molar-refractivity contribution in [2.75, 3.05) is 52.0 Å². The number of nitrogens with one attached hydrogen (secondary N) is 1. The highest BCUT2D eigenvalue weighted by molar-refractivity contribution is 5.85. The molecule has 4 rings (SSSR count). The highest BCUT2D eigenvalue weighted by Crippen LogP contribution is 2.43. The first-order valence-corrected chi connectivity index (χ1v) is 9.87. The first-order valence-electron chi connectivity index (χ1n) is 9.87. The molecule has 0 bridgehead atoms. The summed E-state index contributed by atoms with van der Waals surface area (Å²) in [7, 11) is 3.03. The van der Waals surface area contributed by atoms with Gasteiger partial charge in [0.15, 0.2) is 0 Å². The largest absolute Gasteiger partial charge is 0.481 e. The number of fused-ring (bicyclic) bond motifs is 1. The molecule has 160 valence electrons. The molecule has 0 aliphatic carbocycles. The van der Waals surface area contributed by atoms with Gasteiger partial charge in [-0.25, -0.2) is 4.39 Å². The van der Waals surface area contributed by atoms with Crippen LogP contribution in [0.1, 0.15) is 5.56 Å². The third-order valence-corrected chi connectivity index (χ3v) is 5.85. The zero-order valence-corrected chi connectivity index (χ0v) is 17.1. The van der Waals surface area contributed by atoms with Crippen molar-refractivity contribution in [2.24, 2.45) is 11.3 Å². The van der Waals surface area contributed by atoms with Crippen LogP contribution in [0.15, 0.2) is 30.3 Å². The second-order valence-corrected chi connectivity index (χ2v) is 7.60. The number of halogens is 1. The van der Waals surface area contributed by atoms with Gasteiger partial charge in [-0.15, -0.1) is 0 Å². The second-order valence-electron chi connectivity index (χ2n) is 7.60. The number of rotatable bonds is 7. The molecule has 0 spiro atoms. The van der Waals surface area contributed by atoms with Crippen LogP contribution in [0, 0.1) is 17.2 Å². The summed E-state index contributed by atoms with van der Waals surface area (Å²) in [6, 6.07) is 8.54. The number of methoxy groups -OCH3 is 2. The van der Waals surface area contributed by atoms with Crippen LogP contribution in [0.4, 0.5) is 10.2 Å². The molecule has 0 saturated carbocycles. The van der Waals surface area contributed by atoms with Crippen molar-refractivity contribution in [1.82, 2.24) is 15.3 Å². The predicted octanol–water partition coefficient (Wildman–Crippen LogP) is 1.44. The minimum absolute atomic E-state index is 0.0397. The van der Waals surface area contributed by atoms with Crippen molar-refractivity contribution >= 4 is 11.7 Å². The van der Waals surface area contributed by atoms with Gasteiger partial charge in [0, 0.05) is 31.6 Å². The topological polar surface area (TPSA) is 85.8 Å². The summed E-state index contributed by atoms with van der Waals surface area (Å²) in [6.07, 6.45) is 0.435. The van der Waals surface area contributed by atoms with Crippen molar-refractivity contribution in [3.8, 4) is 11.9 Å². The van der Waals surface area contributed by atoms with Crippen LogP contribution in [0.2, 0.25) is 0 Å². The Morgan fingerprint density at radius 2 is 2.17 bits per heavy atom. The first-order chi connectivity index (χ1) is 14.6. The normalized spacial score (nSPS) is 22.6. The Kier molecular flexibility index (Phi) is 5.72. The highest BCUT2D eigenvalue weighted by Gasteiger charge is 2.56. The lowest BCUT2D eigenvalue weighted by atomic mass is 9.80. The van der Waals surface area contributed by atoms with E-state index in [1.54, 1.807) is 24.3 Å². The van der Waals surface area contributed by atoms with Crippen molar-refractivity contribution in [1.29, 1.82) is 0 Å². The van der Waals surface area contributed by atoms with Gasteiger partial charge in [-0.3, -0.25) is 4.79 Å². The fraction of sp³-hybridized carbons (Fsp3) is 0.476. The van der Waals surface area contributed by atoms with Gasteiger partial charge in [-0.1, -0.05) is 18.2 Å². The van der Waals surface area contributed by atoms with E-state index in [9.17, 15) is 9.18 Å². The summed E-state index contributed by atoms with van der Waals surface area (Å²) in [5, 5.41) is 2.99. The van der Waals surface area contributed by atoms with Crippen LogP contribution in [-0.4, -0.2) is 62.9 Å². The summed E-state index contributed by atoms with van der Waals surface area (Å²) in [4.78, 5) is 23.7. The van der Waals surface area contributed by atoms with Gasteiger partial charge in [-0.05, 0) is 18.1 Å². The van der Waals surface area contributed by atoms with Crippen LogP contribution in [-0.2, 0) is 16.0 Å². The maximum Gasteiger partial charge on any atom is 0.321 e. The first kappa shape index (κ1) is 20.3. The standard InChI is InChI=1S/C21H25FN4O4/c1-28-18-9-17(24-20(25-18)29-2)26-10-15-11-30-13-21(15,12-26)19(27)23-8-7-14-5-3-4-6-16(14)22/h3-6,9,15H,7-8,10-13H2,1-2H3,(H,23,27)/t15-,21-/m0/s1. The average molecular weight is 416 g/mol. The Morgan fingerprint density at radius 1 is 1.33 bits per heavy atom. The maximum atomic E-state index is 13.8. The molecular weight excluding hydrogens is 391 g/mol. The highest BCUT2D eigenvalue weighted by atomic mass is 19.1. The smallest absolute Gasteiger partial charge is 0.321 e. The van der Waals surface area contributed by atoms with E-state index >= 15 is 0 Å². The molecule has 2 aromatic rings. The molecule has 3 heterocycles. The molecule has 2 aliphatic heterocycles. The van der Waals surface area contributed by atoms with Crippen molar-refractivity contribution in [2.45, 2.75) is 6.42 Å². The summed E-state index contributed by atoms with van der Waals surface area (Å²) in [5.41, 5.74) is -0.0801. The lowest BCUT2D eigenvalue weighted by molar-refractivity contribution is -0.131. The number of aromatic nitrogens is 2. The fourth-order valence-electron chi connectivity index (χ4n) is 4.17. The van der Waals surface area contributed by atoms with Crippen LogP contribution < -0.4 is 19.7 Å². The third-order valence-electron chi connectivity index (χ3n) is 5.85. The molecule has 2 fully saturated rings. The zero-order chi connectivity index (χ0) is 21.1. The maximum absolute atomic E-state index is 13.8. The van der Waals surface area contributed by atoms with Gasteiger partial charge >= 0.3 is 6.01 Å². The number of carbonyl (C=O) groups excluding carboxylic acids is 1. The van der Waals surface area contributed by atoms with Gasteiger partial charge in [0.2, 0.25) is 11.8 Å². The molecule has 1 aromatic carbocycles. The van der Waals surface area contributed by atoms with E-state index in [1.807, 2.05) is 4.90 Å². The van der Waals surface area contributed by atoms with Crippen molar-refractivity contribution < 1.29 is 23.4 Å². The lowest BCUT2D eigenvalue weighted by Gasteiger charge is -2.26. The van der Waals surface area contributed by atoms with Gasteiger partial charge in [-0.2, -0.15) is 9.97 Å². The Hall–Kier alpha value is -2.94. The molecule has 0 unspecified atom stereocenters. The Morgan fingerprint density at radius 3 is 2.93 bits per heavy atom. The SMILES string of the molecule is COc1cc(N2C[C@H]3COC[C@@]3(C(=O)NCCc3ccccc3F)C2)nc(OC)n1. The van der Waals surface area contributed by atoms with E-state index in [0.717, 1.165) is 0 Å². The number of benzene rings is 1. The van der Waals surface area contributed by atoms with Crippen LogP contribution in [0.3, 0.4) is 0 Å². The second kappa shape index (κ2) is 8.43. The summed E-state index contributed by atoms with van der Waals surface area (Å²) >= 11 is 0. The Bertz CT molecular complexity index is 905. The number of hydrogen-bond donors (Lipinski definition) is 1. The van der Waals surface area contributed by atoms with E-state index < -0.39 is 5.41 Å². The minimum Gasteiger partial charge on any atom is -0.481 e. The number of ether oxygens (including phenoxy) is 3. The van der Waals surface area contributed by atoms with Crippen LogP contribution in [0.25, 0.3) is 0 Å². The molecule has 9 heteroatoms. The lowest BCUT2D eigenvalue weighted by Crippen LogP contribution is -2.47. The zero-order valence-electron chi connectivity index (χ0n) is 17.1. The molecule has 2 aliphatic rings. The van der Waals surface area contributed by atoms with E-state index in [2.05, 4.69) is 15.3 Å². The number of anilines is 1. The van der Waals surface area contributed by atoms with E-state index in [4.69, 9.17) is 14.2 Å². The molecule has 1 N–H and O–H groups in total. The number of amides is 1. The van der Waals surface area contributed by atoms with E-state index in [-0.39, 0.29) is 23.7 Å². The molecule has 8 nitrogen and oxygen atoms in total. The Labute approximate surface area is 174 Å². The molecule has 2 atom stereocenters. The summed E-state index contributed by atoms with van der Waals surface area (Å²) in [5.74, 6) is 0.751. The minimum atomic E-state index is -0.666. The van der Waals surface area contributed by atoms with Gasteiger partial charge in [0.1, 0.15) is 11.6 Å². The Balaban J connectivity index is 1.46. The number of carbonyl (C=O) groups is 1. The van der Waals surface area contributed by atoms with Gasteiger partial charge in [0.25, 0.3) is 0 Å². The molecule has 2 saturated heterocycles. The van der Waals surface area contributed by atoms with E-state index in [1.165, 1.54) is 20.3 Å². The van der Waals surface area contributed by atoms with E-state index in [0.29, 0.717) is 56.5 Å². The molecular formula is C21H25FN4O4. The van der Waals surface area contributed by atoms with Crippen LogP contribution in [0.5, 0.6) is 11.9 Å². The summed E-state index contributed by atoms with van der Waals surface area (Å²) in [6.45, 7) is 2.32. The monoisotopic (exact) mass is 416 g/mol. The number of nitrogens with zero attached hydrogens (tertiary/aromatic N) is 3. The molecule has 0 radical (unpaired) electrons. The van der Waals surface area contributed by atoms with Crippen molar-refractivity contribution in [3.05, 3.63) is 41.7 Å². The molecule has 1 amide bonds. The van der Waals surface area contributed by atoms with Crippen molar-refractivity contribution in [3.63, 3.8) is 0 Å². The third kappa shape index (κ3) is 3.77. The van der Waals surface area contributed by atoms with Crippen LogP contribution >= 0.6 is 0 Å². The average Bonchev–Trinajstić information content (AvgIpc) is 3.33. The fourth-order valence-corrected chi connectivity index (χ4v) is 4.17. The quantitative estimate of drug-likeness (QED) is 0.731. The summed E-state index contributed by atoms with van der Waals surface area (Å²) < 4.78 is 29.9. The number of hydrogen-bond acceptors (Lipinski definition) is 7. The molecule has 1 aromatic heterocycles. The predicted molar refractivity (Wildman–Crippen MR) is 107 cm³/mol.